The summed E-state index contributed by atoms with van der Waals surface area (Å²) in [6.45, 7) is 0.494. The first-order valence-electron chi connectivity index (χ1n) is 5.59. The molecule has 0 atom stereocenters. The SMILES string of the molecule is O=C(O)CCCCOc1ccc(N=CNO)cc1. The Bertz CT molecular complexity index is 390. The highest BCUT2D eigenvalue weighted by Crippen LogP contribution is 2.17. The molecule has 0 fully saturated rings. The average Bonchev–Trinajstić information content (AvgIpc) is 2.37. The van der Waals surface area contributed by atoms with Crippen molar-refractivity contribution in [3.05, 3.63) is 24.3 Å². The van der Waals surface area contributed by atoms with Gasteiger partial charge in [-0.2, -0.15) is 0 Å². The molecule has 3 N–H and O–H groups in total. The fraction of sp³-hybridized carbons (Fsp3) is 0.333. The standard InChI is InChI=1S/C12H16N2O4/c15-12(16)3-1-2-8-18-11-6-4-10(5-7-11)13-9-14-17/h4-7,9,17H,1-3,8H2,(H,13,14)(H,15,16). The first-order chi connectivity index (χ1) is 8.72. The van der Waals surface area contributed by atoms with Crippen LogP contribution >= 0.6 is 0 Å². The van der Waals surface area contributed by atoms with E-state index in [-0.39, 0.29) is 6.42 Å². The van der Waals surface area contributed by atoms with E-state index in [0.717, 1.165) is 0 Å². The van der Waals surface area contributed by atoms with E-state index in [4.69, 9.17) is 15.1 Å². The van der Waals surface area contributed by atoms with Crippen LogP contribution in [0.5, 0.6) is 5.75 Å². The number of carboxylic acids is 1. The molecule has 0 amide bonds. The van der Waals surface area contributed by atoms with Gasteiger partial charge in [0.2, 0.25) is 0 Å². The van der Waals surface area contributed by atoms with E-state index in [9.17, 15) is 4.79 Å². The summed E-state index contributed by atoms with van der Waals surface area (Å²) < 4.78 is 5.44. The maximum absolute atomic E-state index is 10.3. The molecule has 0 aliphatic heterocycles. The predicted molar refractivity (Wildman–Crippen MR) is 66.5 cm³/mol. The van der Waals surface area contributed by atoms with Crippen molar-refractivity contribution in [2.75, 3.05) is 6.61 Å². The highest BCUT2D eigenvalue weighted by Gasteiger charge is 1.97. The maximum atomic E-state index is 10.3. The third-order valence-corrected chi connectivity index (χ3v) is 2.16. The van der Waals surface area contributed by atoms with Crippen LogP contribution in [-0.4, -0.2) is 29.2 Å². The Kier molecular flexibility index (Phi) is 6.27. The van der Waals surface area contributed by atoms with E-state index >= 15 is 0 Å². The monoisotopic (exact) mass is 252 g/mol. The number of rotatable bonds is 8. The third kappa shape index (κ3) is 5.86. The lowest BCUT2D eigenvalue weighted by molar-refractivity contribution is -0.137. The second-order valence-corrected chi connectivity index (χ2v) is 3.58. The fourth-order valence-corrected chi connectivity index (χ4v) is 1.30. The number of carbonyl (C=O) groups is 1. The van der Waals surface area contributed by atoms with Gasteiger partial charge in [-0.25, -0.2) is 4.99 Å². The summed E-state index contributed by atoms with van der Waals surface area (Å²) in [6.07, 6.45) is 2.66. The molecule has 1 rings (SSSR count). The molecule has 0 radical (unpaired) electrons. The van der Waals surface area contributed by atoms with Gasteiger partial charge in [0.25, 0.3) is 0 Å². The van der Waals surface area contributed by atoms with Gasteiger partial charge in [-0.15, -0.1) is 0 Å². The molecule has 6 nitrogen and oxygen atoms in total. The molecule has 0 aliphatic carbocycles. The summed E-state index contributed by atoms with van der Waals surface area (Å²) in [6, 6.07) is 7.03. The van der Waals surface area contributed by atoms with Gasteiger partial charge in [0.1, 0.15) is 12.1 Å². The van der Waals surface area contributed by atoms with Gasteiger partial charge >= 0.3 is 5.97 Å². The summed E-state index contributed by atoms with van der Waals surface area (Å²) in [5.74, 6) is -0.0732. The molecule has 0 aliphatic rings. The number of aliphatic imine (C=N–C) groups is 1. The van der Waals surface area contributed by atoms with E-state index in [1.807, 2.05) is 5.48 Å². The number of unbranched alkanes of at least 4 members (excludes halogenated alkanes) is 1. The number of carboxylic acid groups (broad SMARTS) is 1. The molecule has 0 heterocycles. The van der Waals surface area contributed by atoms with Crippen LogP contribution in [0.2, 0.25) is 0 Å². The normalized spacial score (nSPS) is 10.5. The molecule has 0 spiro atoms. The van der Waals surface area contributed by atoms with Crippen molar-refractivity contribution < 1.29 is 19.8 Å². The van der Waals surface area contributed by atoms with E-state index in [0.29, 0.717) is 30.9 Å². The molecular weight excluding hydrogens is 236 g/mol. The Morgan fingerprint density at radius 1 is 1.33 bits per heavy atom. The second-order valence-electron chi connectivity index (χ2n) is 3.58. The molecule has 0 unspecified atom stereocenters. The molecule has 0 aromatic heterocycles. The Morgan fingerprint density at radius 3 is 2.67 bits per heavy atom. The fourth-order valence-electron chi connectivity index (χ4n) is 1.30. The van der Waals surface area contributed by atoms with Gasteiger partial charge in [-0.05, 0) is 37.1 Å². The maximum Gasteiger partial charge on any atom is 0.303 e. The molecule has 6 heteroatoms. The molecule has 98 valence electrons. The number of nitrogens with zero attached hydrogens (tertiary/aromatic N) is 1. The highest BCUT2D eigenvalue weighted by atomic mass is 16.5. The van der Waals surface area contributed by atoms with Crippen LogP contribution in [0.4, 0.5) is 5.69 Å². The third-order valence-electron chi connectivity index (χ3n) is 2.16. The van der Waals surface area contributed by atoms with Gasteiger partial charge in [0.05, 0.1) is 12.3 Å². The van der Waals surface area contributed by atoms with Crippen LogP contribution in [0.25, 0.3) is 0 Å². The average molecular weight is 252 g/mol. The molecule has 1 aromatic rings. The summed E-state index contributed by atoms with van der Waals surface area (Å²) in [4.78, 5) is 14.2. The van der Waals surface area contributed by atoms with Crippen molar-refractivity contribution in [1.82, 2.24) is 5.48 Å². The topological polar surface area (TPSA) is 91.2 Å². The number of benzene rings is 1. The summed E-state index contributed by atoms with van der Waals surface area (Å²) in [5, 5.41) is 16.8. The number of hydrogen-bond acceptors (Lipinski definition) is 4. The Labute approximate surface area is 105 Å². The minimum Gasteiger partial charge on any atom is -0.494 e. The number of hydrogen-bond donors (Lipinski definition) is 3. The largest absolute Gasteiger partial charge is 0.494 e. The van der Waals surface area contributed by atoms with Crippen LogP contribution in [0.3, 0.4) is 0 Å². The molecule has 0 bridgehead atoms. The van der Waals surface area contributed by atoms with Crippen LogP contribution in [-0.2, 0) is 4.79 Å². The second kappa shape index (κ2) is 8.08. The van der Waals surface area contributed by atoms with Crippen molar-refractivity contribution in [2.24, 2.45) is 4.99 Å². The van der Waals surface area contributed by atoms with Crippen LogP contribution < -0.4 is 10.2 Å². The van der Waals surface area contributed by atoms with Gasteiger partial charge in [-0.1, -0.05) is 0 Å². The number of nitrogens with one attached hydrogen (secondary N) is 1. The van der Waals surface area contributed by atoms with E-state index < -0.39 is 5.97 Å². The Hall–Kier alpha value is -2.08. The molecule has 18 heavy (non-hydrogen) atoms. The molecule has 1 aromatic carbocycles. The zero-order valence-electron chi connectivity index (χ0n) is 9.87. The van der Waals surface area contributed by atoms with Gasteiger partial charge < -0.3 is 9.84 Å². The molecule has 0 saturated carbocycles. The number of hydroxylamine groups is 1. The van der Waals surface area contributed by atoms with E-state index in [1.54, 1.807) is 24.3 Å². The molecular formula is C12H16N2O4. The zero-order chi connectivity index (χ0) is 13.2. The molecule has 0 saturated heterocycles. The smallest absolute Gasteiger partial charge is 0.303 e. The van der Waals surface area contributed by atoms with Crippen molar-refractivity contribution in [3.8, 4) is 5.75 Å². The first-order valence-corrected chi connectivity index (χ1v) is 5.59. The summed E-state index contributed by atoms with van der Waals surface area (Å²) in [7, 11) is 0. The lowest BCUT2D eigenvalue weighted by Crippen LogP contribution is -2.01. The zero-order valence-corrected chi connectivity index (χ0v) is 9.87. The van der Waals surface area contributed by atoms with Crippen molar-refractivity contribution in [2.45, 2.75) is 19.3 Å². The van der Waals surface area contributed by atoms with Crippen LogP contribution in [0, 0.1) is 0 Å². The van der Waals surface area contributed by atoms with Crippen LogP contribution in [0.1, 0.15) is 19.3 Å². The minimum atomic E-state index is -0.783. The Morgan fingerprint density at radius 2 is 2.06 bits per heavy atom. The minimum absolute atomic E-state index is 0.172. The van der Waals surface area contributed by atoms with E-state index in [2.05, 4.69) is 4.99 Å². The van der Waals surface area contributed by atoms with Crippen molar-refractivity contribution in [1.29, 1.82) is 0 Å². The van der Waals surface area contributed by atoms with E-state index in [1.165, 1.54) is 6.34 Å². The first kappa shape index (κ1) is 14.0. The summed E-state index contributed by atoms with van der Waals surface area (Å²) in [5.41, 5.74) is 2.51. The highest BCUT2D eigenvalue weighted by molar-refractivity contribution is 5.66. The number of ether oxygens (including phenoxy) is 1. The van der Waals surface area contributed by atoms with Gasteiger partial charge in [-0.3, -0.25) is 15.5 Å². The number of aliphatic carboxylic acids is 1. The predicted octanol–water partition coefficient (Wildman–Crippen LogP) is 1.96. The van der Waals surface area contributed by atoms with Crippen molar-refractivity contribution >= 4 is 18.0 Å². The van der Waals surface area contributed by atoms with Gasteiger partial charge in [0.15, 0.2) is 0 Å². The van der Waals surface area contributed by atoms with Gasteiger partial charge in [0, 0.05) is 6.42 Å². The van der Waals surface area contributed by atoms with Crippen LogP contribution in [0.15, 0.2) is 29.3 Å². The lowest BCUT2D eigenvalue weighted by atomic mass is 10.2. The quantitative estimate of drug-likeness (QED) is 0.285. The Balaban J connectivity index is 2.26. The lowest BCUT2D eigenvalue weighted by Gasteiger charge is -2.05. The van der Waals surface area contributed by atoms with Crippen molar-refractivity contribution in [3.63, 3.8) is 0 Å². The summed E-state index contributed by atoms with van der Waals surface area (Å²) >= 11 is 0.